The van der Waals surface area contributed by atoms with Crippen molar-refractivity contribution in [2.45, 2.75) is 12.1 Å². The smallest absolute Gasteiger partial charge is 0.240 e. The number of hydrogen-bond donors (Lipinski definition) is 0. The van der Waals surface area contributed by atoms with Gasteiger partial charge in [0.05, 0.1) is 17.4 Å². The highest BCUT2D eigenvalue weighted by molar-refractivity contribution is 6.30. The zero-order valence-corrected chi connectivity index (χ0v) is 10.4. The summed E-state index contributed by atoms with van der Waals surface area (Å²) in [5, 5.41) is 4.09. The zero-order chi connectivity index (χ0) is 13.3. The van der Waals surface area contributed by atoms with Gasteiger partial charge in [-0.2, -0.15) is 18.3 Å². The Morgan fingerprint density at radius 1 is 1.28 bits per heavy atom. The van der Waals surface area contributed by atoms with Crippen LogP contribution in [0.3, 0.4) is 0 Å². The molecule has 0 radical (unpaired) electrons. The molecule has 1 heterocycles. The molecule has 18 heavy (non-hydrogen) atoms. The summed E-state index contributed by atoms with van der Waals surface area (Å²) < 4.78 is 38.5. The average molecular weight is 295 g/mol. The normalized spacial score (nSPS) is 11.8. The predicted molar refractivity (Wildman–Crippen MR) is 63.1 cm³/mol. The maximum Gasteiger partial charge on any atom is 0.419 e. The Kier molecular flexibility index (Phi) is 3.54. The van der Waals surface area contributed by atoms with Gasteiger partial charge >= 0.3 is 6.18 Å². The van der Waals surface area contributed by atoms with E-state index in [0.717, 1.165) is 17.1 Å². The van der Waals surface area contributed by atoms with Crippen molar-refractivity contribution in [3.05, 3.63) is 46.7 Å². The maximum atomic E-state index is 12.5. The molecule has 0 amide bonds. The monoisotopic (exact) mass is 294 g/mol. The van der Waals surface area contributed by atoms with E-state index in [2.05, 4.69) is 5.10 Å². The lowest BCUT2D eigenvalue weighted by Gasteiger charge is -2.07. The average Bonchev–Trinajstić information content (AvgIpc) is 2.77. The summed E-state index contributed by atoms with van der Waals surface area (Å²) in [6, 6.07) is 4.79. The lowest BCUT2D eigenvalue weighted by Crippen LogP contribution is -2.03. The van der Waals surface area contributed by atoms with Crippen molar-refractivity contribution in [1.82, 2.24) is 9.78 Å². The van der Waals surface area contributed by atoms with E-state index in [1.807, 2.05) is 0 Å². The van der Waals surface area contributed by atoms with Gasteiger partial charge in [0.2, 0.25) is 0 Å². The summed E-state index contributed by atoms with van der Waals surface area (Å²) in [7, 11) is 0. The molecular formula is C11H7Cl2F3N2. The minimum atomic E-state index is -4.42. The minimum absolute atomic E-state index is 0.160. The molecule has 0 saturated carbocycles. The number of hydrogen-bond acceptors (Lipinski definition) is 1. The van der Waals surface area contributed by atoms with Crippen LogP contribution >= 0.6 is 23.2 Å². The first-order chi connectivity index (χ1) is 8.41. The molecule has 2 aromatic rings. The molecule has 0 bridgehead atoms. The van der Waals surface area contributed by atoms with E-state index in [9.17, 15) is 13.2 Å². The first kappa shape index (κ1) is 13.2. The van der Waals surface area contributed by atoms with E-state index in [1.54, 1.807) is 12.1 Å². The Labute approximate surface area is 111 Å². The first-order valence-electron chi connectivity index (χ1n) is 4.88. The van der Waals surface area contributed by atoms with E-state index >= 15 is 0 Å². The topological polar surface area (TPSA) is 17.8 Å². The van der Waals surface area contributed by atoms with Crippen molar-refractivity contribution in [2.24, 2.45) is 0 Å². The molecule has 0 N–H and O–H groups in total. The van der Waals surface area contributed by atoms with Gasteiger partial charge in [-0.15, -0.1) is 11.6 Å². The number of alkyl halides is 4. The van der Waals surface area contributed by atoms with Gasteiger partial charge in [-0.1, -0.05) is 17.7 Å². The minimum Gasteiger partial charge on any atom is -0.240 e. The van der Waals surface area contributed by atoms with Gasteiger partial charge in [0.1, 0.15) is 0 Å². The second-order valence-electron chi connectivity index (χ2n) is 3.58. The number of halogens is 5. The SMILES string of the molecule is FC(F)(F)c1cnn(-c2cc(Cl)ccc2CCl)c1. The van der Waals surface area contributed by atoms with Crippen LogP contribution in [0.15, 0.2) is 30.6 Å². The fourth-order valence-electron chi connectivity index (χ4n) is 1.46. The lowest BCUT2D eigenvalue weighted by atomic mass is 10.2. The summed E-state index contributed by atoms with van der Waals surface area (Å²) in [4.78, 5) is 0. The van der Waals surface area contributed by atoms with Crippen LogP contribution < -0.4 is 0 Å². The molecule has 0 aliphatic rings. The second-order valence-corrected chi connectivity index (χ2v) is 4.28. The van der Waals surface area contributed by atoms with Crippen molar-refractivity contribution in [2.75, 3.05) is 0 Å². The predicted octanol–water partition coefficient (Wildman–Crippen LogP) is 4.28. The molecule has 0 unspecified atom stereocenters. The van der Waals surface area contributed by atoms with Crippen LogP contribution in [-0.4, -0.2) is 9.78 Å². The second kappa shape index (κ2) is 4.82. The molecule has 1 aromatic carbocycles. The van der Waals surface area contributed by atoms with Gasteiger partial charge in [-0.25, -0.2) is 4.68 Å². The van der Waals surface area contributed by atoms with Crippen LogP contribution in [0.5, 0.6) is 0 Å². The van der Waals surface area contributed by atoms with Gasteiger partial charge < -0.3 is 0 Å². The fraction of sp³-hybridized carbons (Fsp3) is 0.182. The van der Waals surface area contributed by atoms with Crippen molar-refractivity contribution in [3.8, 4) is 5.69 Å². The van der Waals surface area contributed by atoms with Crippen molar-refractivity contribution in [3.63, 3.8) is 0 Å². The summed E-state index contributed by atoms with van der Waals surface area (Å²) in [5.41, 5.74) is 0.272. The number of rotatable bonds is 2. The molecule has 0 spiro atoms. The van der Waals surface area contributed by atoms with Crippen LogP contribution in [0.25, 0.3) is 5.69 Å². The Balaban J connectivity index is 2.49. The molecule has 0 fully saturated rings. The molecule has 7 heteroatoms. The molecule has 0 saturated heterocycles. The molecule has 1 aromatic heterocycles. The molecule has 0 atom stereocenters. The van der Waals surface area contributed by atoms with Crippen molar-refractivity contribution in [1.29, 1.82) is 0 Å². The van der Waals surface area contributed by atoms with Crippen LogP contribution in [-0.2, 0) is 12.1 Å². The highest BCUT2D eigenvalue weighted by atomic mass is 35.5. The molecule has 0 aliphatic heterocycles. The Hall–Kier alpha value is -1.20. The van der Waals surface area contributed by atoms with Crippen LogP contribution in [0.2, 0.25) is 5.02 Å². The molecular weight excluding hydrogens is 288 g/mol. The Morgan fingerprint density at radius 3 is 2.56 bits per heavy atom. The van der Waals surface area contributed by atoms with Crippen LogP contribution in [0.1, 0.15) is 11.1 Å². The third kappa shape index (κ3) is 2.62. The highest BCUT2D eigenvalue weighted by Crippen LogP contribution is 2.30. The molecule has 0 aliphatic carbocycles. The third-order valence-corrected chi connectivity index (χ3v) is 2.87. The Morgan fingerprint density at radius 2 is 2.00 bits per heavy atom. The van der Waals surface area contributed by atoms with Crippen LogP contribution in [0, 0.1) is 0 Å². The lowest BCUT2D eigenvalue weighted by molar-refractivity contribution is -0.137. The largest absolute Gasteiger partial charge is 0.419 e. The molecule has 2 rings (SSSR count). The quantitative estimate of drug-likeness (QED) is 0.756. The van der Waals surface area contributed by atoms with Gasteiger partial charge in [-0.05, 0) is 17.7 Å². The zero-order valence-electron chi connectivity index (χ0n) is 8.88. The Bertz CT molecular complexity index is 564. The molecule has 96 valence electrons. The van der Waals surface area contributed by atoms with Crippen molar-refractivity contribution >= 4 is 23.2 Å². The maximum absolute atomic E-state index is 12.5. The fourth-order valence-corrected chi connectivity index (χ4v) is 1.86. The van der Waals surface area contributed by atoms with E-state index in [-0.39, 0.29) is 5.88 Å². The van der Waals surface area contributed by atoms with Gasteiger partial charge in [0.25, 0.3) is 0 Å². The van der Waals surface area contributed by atoms with Crippen molar-refractivity contribution < 1.29 is 13.2 Å². The van der Waals surface area contributed by atoms with Crippen LogP contribution in [0.4, 0.5) is 13.2 Å². The molecule has 2 nitrogen and oxygen atoms in total. The summed E-state index contributed by atoms with van der Waals surface area (Å²) in [5.74, 6) is 0.160. The summed E-state index contributed by atoms with van der Waals surface area (Å²) in [6.45, 7) is 0. The number of benzene rings is 1. The summed E-state index contributed by atoms with van der Waals surface area (Å²) >= 11 is 11.5. The number of nitrogens with zero attached hydrogens (tertiary/aromatic N) is 2. The van der Waals surface area contributed by atoms with Gasteiger partial charge in [0.15, 0.2) is 0 Å². The number of aromatic nitrogens is 2. The first-order valence-corrected chi connectivity index (χ1v) is 5.79. The van der Waals surface area contributed by atoms with Gasteiger partial charge in [-0.3, -0.25) is 0 Å². The van der Waals surface area contributed by atoms with E-state index in [4.69, 9.17) is 23.2 Å². The summed E-state index contributed by atoms with van der Waals surface area (Å²) in [6.07, 6.45) is -2.75. The van der Waals surface area contributed by atoms with E-state index in [1.165, 1.54) is 6.07 Å². The van der Waals surface area contributed by atoms with E-state index in [0.29, 0.717) is 16.3 Å². The highest BCUT2D eigenvalue weighted by Gasteiger charge is 2.32. The standard InChI is InChI=1S/C11H7Cl2F3N2/c12-4-7-1-2-9(13)3-10(7)18-6-8(5-17-18)11(14,15)16/h1-3,5-6H,4H2. The van der Waals surface area contributed by atoms with E-state index < -0.39 is 11.7 Å². The van der Waals surface area contributed by atoms with Gasteiger partial charge in [0, 0.05) is 17.1 Å². The third-order valence-electron chi connectivity index (χ3n) is 2.35.